The van der Waals surface area contributed by atoms with Gasteiger partial charge in [0.25, 0.3) is 0 Å². The van der Waals surface area contributed by atoms with E-state index in [1.807, 2.05) is 53.7 Å². The molecular weight excluding hydrogens is 256 g/mol. The van der Waals surface area contributed by atoms with Crippen molar-refractivity contribution in [2.45, 2.75) is 91.6 Å². The number of rotatable bonds is 10. The molecule has 0 aliphatic heterocycles. The van der Waals surface area contributed by atoms with Gasteiger partial charge in [0.2, 0.25) is 0 Å². The molecule has 0 saturated heterocycles. The van der Waals surface area contributed by atoms with Gasteiger partial charge in [-0.1, -0.05) is 26.0 Å². The van der Waals surface area contributed by atoms with Gasteiger partial charge in [0, 0.05) is 0 Å². The molecule has 0 bridgehead atoms. The van der Waals surface area contributed by atoms with E-state index in [0.717, 1.165) is 12.8 Å². The SMILES string of the molecule is CCC(C)(C)OOC(C)/C=C/C(C)OOC(C)(C)CC. The van der Waals surface area contributed by atoms with Crippen LogP contribution in [0.5, 0.6) is 0 Å². The third kappa shape index (κ3) is 9.48. The molecule has 0 amide bonds. The molecule has 0 rings (SSSR count). The largest absolute Gasteiger partial charge is 0.230 e. The van der Waals surface area contributed by atoms with Crippen molar-refractivity contribution >= 4 is 0 Å². The van der Waals surface area contributed by atoms with E-state index in [0.29, 0.717) is 0 Å². The zero-order chi connectivity index (χ0) is 15.8. The zero-order valence-electron chi connectivity index (χ0n) is 14.4. The first-order valence-electron chi connectivity index (χ1n) is 7.49. The Morgan fingerprint density at radius 3 is 1.30 bits per heavy atom. The Balaban J connectivity index is 4.03. The molecule has 0 saturated carbocycles. The summed E-state index contributed by atoms with van der Waals surface area (Å²) in [7, 11) is 0. The van der Waals surface area contributed by atoms with Crippen molar-refractivity contribution in [1.29, 1.82) is 0 Å². The summed E-state index contributed by atoms with van der Waals surface area (Å²) in [4.78, 5) is 21.4. The van der Waals surface area contributed by atoms with Gasteiger partial charge in [-0.25, -0.2) is 19.6 Å². The normalized spacial score (nSPS) is 16.6. The maximum absolute atomic E-state index is 5.38. The molecule has 0 aliphatic carbocycles. The first-order chi connectivity index (χ1) is 9.12. The summed E-state index contributed by atoms with van der Waals surface area (Å²) in [6.45, 7) is 16.0. The Labute approximate surface area is 124 Å². The van der Waals surface area contributed by atoms with Crippen molar-refractivity contribution in [3.63, 3.8) is 0 Å². The molecule has 2 atom stereocenters. The topological polar surface area (TPSA) is 36.9 Å². The molecule has 120 valence electrons. The minimum atomic E-state index is -0.265. The van der Waals surface area contributed by atoms with Crippen LogP contribution < -0.4 is 0 Å². The molecule has 0 radical (unpaired) electrons. The Morgan fingerprint density at radius 2 is 1.05 bits per heavy atom. The van der Waals surface area contributed by atoms with E-state index in [4.69, 9.17) is 19.6 Å². The third-order valence-electron chi connectivity index (χ3n) is 3.21. The van der Waals surface area contributed by atoms with E-state index >= 15 is 0 Å². The van der Waals surface area contributed by atoms with Crippen LogP contribution in [0.1, 0.15) is 68.2 Å². The average molecular weight is 288 g/mol. The molecule has 0 aliphatic rings. The molecule has 2 unspecified atom stereocenters. The van der Waals surface area contributed by atoms with Gasteiger partial charge in [0.05, 0.1) is 11.2 Å². The number of hydrogen-bond acceptors (Lipinski definition) is 4. The molecule has 0 aromatic heterocycles. The maximum Gasteiger partial charge on any atom is 0.108 e. The summed E-state index contributed by atoms with van der Waals surface area (Å²) >= 11 is 0. The van der Waals surface area contributed by atoms with Crippen molar-refractivity contribution in [2.75, 3.05) is 0 Å². The molecule has 0 spiro atoms. The molecule has 20 heavy (non-hydrogen) atoms. The van der Waals surface area contributed by atoms with Gasteiger partial charge in [-0.15, -0.1) is 0 Å². The maximum atomic E-state index is 5.38. The standard InChI is InChI=1S/C16H32O4/c1-9-15(5,6)19-17-13(3)11-12-14(4)18-20-16(7,8)10-2/h11-14H,9-10H2,1-8H3/b12-11+. The van der Waals surface area contributed by atoms with Crippen LogP contribution in [0.4, 0.5) is 0 Å². The minimum Gasteiger partial charge on any atom is -0.230 e. The van der Waals surface area contributed by atoms with Crippen molar-refractivity contribution < 1.29 is 19.6 Å². The van der Waals surface area contributed by atoms with Crippen LogP contribution in [0.25, 0.3) is 0 Å². The monoisotopic (exact) mass is 288 g/mol. The predicted molar refractivity (Wildman–Crippen MR) is 81.1 cm³/mol. The van der Waals surface area contributed by atoms with Gasteiger partial charge >= 0.3 is 0 Å². The third-order valence-corrected chi connectivity index (χ3v) is 3.21. The Hall–Kier alpha value is -0.420. The highest BCUT2D eigenvalue weighted by Crippen LogP contribution is 2.16. The summed E-state index contributed by atoms with van der Waals surface area (Å²) in [6, 6.07) is 0. The van der Waals surface area contributed by atoms with Gasteiger partial charge in [0.1, 0.15) is 12.2 Å². The second-order valence-electron chi connectivity index (χ2n) is 6.38. The highest BCUT2D eigenvalue weighted by molar-refractivity contribution is 4.91. The summed E-state index contributed by atoms with van der Waals surface area (Å²) in [6.07, 6.45) is 5.32. The lowest BCUT2D eigenvalue weighted by Crippen LogP contribution is -2.26. The van der Waals surface area contributed by atoms with Crippen molar-refractivity contribution in [3.05, 3.63) is 12.2 Å². The van der Waals surface area contributed by atoms with E-state index in [9.17, 15) is 0 Å². The first-order valence-corrected chi connectivity index (χ1v) is 7.49. The first kappa shape index (κ1) is 19.6. The van der Waals surface area contributed by atoms with Gasteiger partial charge < -0.3 is 0 Å². The predicted octanol–water partition coefficient (Wildman–Crippen LogP) is 4.59. The average Bonchev–Trinajstić information content (AvgIpc) is 2.40. The van der Waals surface area contributed by atoms with E-state index < -0.39 is 0 Å². The van der Waals surface area contributed by atoms with Crippen LogP contribution in [0.2, 0.25) is 0 Å². The summed E-state index contributed by atoms with van der Waals surface area (Å²) in [5, 5.41) is 0. The zero-order valence-corrected chi connectivity index (χ0v) is 14.4. The lowest BCUT2D eigenvalue weighted by molar-refractivity contribution is -0.369. The van der Waals surface area contributed by atoms with Crippen LogP contribution in [0.15, 0.2) is 12.2 Å². The van der Waals surface area contributed by atoms with E-state index in [1.54, 1.807) is 0 Å². The van der Waals surface area contributed by atoms with E-state index in [-0.39, 0.29) is 23.4 Å². The van der Waals surface area contributed by atoms with Gasteiger partial charge in [0.15, 0.2) is 0 Å². The Morgan fingerprint density at radius 1 is 0.750 bits per heavy atom. The molecule has 0 N–H and O–H groups in total. The molecule has 0 heterocycles. The lowest BCUT2D eigenvalue weighted by atomic mass is 10.1. The van der Waals surface area contributed by atoms with Crippen molar-refractivity contribution in [3.8, 4) is 0 Å². The van der Waals surface area contributed by atoms with E-state index in [1.165, 1.54) is 0 Å². The summed E-state index contributed by atoms with van der Waals surface area (Å²) in [5.41, 5.74) is -0.531. The fourth-order valence-corrected chi connectivity index (χ4v) is 0.907. The van der Waals surface area contributed by atoms with Crippen LogP contribution >= 0.6 is 0 Å². The molecule has 0 aromatic rings. The number of hydrogen-bond donors (Lipinski definition) is 0. The van der Waals surface area contributed by atoms with Crippen LogP contribution in [0, 0.1) is 0 Å². The second-order valence-corrected chi connectivity index (χ2v) is 6.38. The highest BCUT2D eigenvalue weighted by atomic mass is 17.2. The fourth-order valence-electron chi connectivity index (χ4n) is 0.907. The quantitative estimate of drug-likeness (QED) is 0.334. The van der Waals surface area contributed by atoms with E-state index in [2.05, 4.69) is 13.8 Å². The fraction of sp³-hybridized carbons (Fsp3) is 0.875. The smallest absolute Gasteiger partial charge is 0.108 e. The van der Waals surface area contributed by atoms with Crippen LogP contribution in [-0.4, -0.2) is 23.4 Å². The van der Waals surface area contributed by atoms with Gasteiger partial charge in [-0.3, -0.25) is 0 Å². The molecule has 0 fully saturated rings. The molecule has 0 aromatic carbocycles. The van der Waals surface area contributed by atoms with Crippen LogP contribution in [-0.2, 0) is 19.6 Å². The van der Waals surface area contributed by atoms with Crippen molar-refractivity contribution in [2.24, 2.45) is 0 Å². The molecular formula is C16H32O4. The lowest BCUT2D eigenvalue weighted by Gasteiger charge is -2.24. The Kier molecular flexibility index (Phi) is 8.59. The van der Waals surface area contributed by atoms with Gasteiger partial charge in [-0.2, -0.15) is 0 Å². The summed E-state index contributed by atoms with van der Waals surface area (Å²) in [5.74, 6) is 0. The van der Waals surface area contributed by atoms with Gasteiger partial charge in [-0.05, 0) is 54.4 Å². The van der Waals surface area contributed by atoms with Crippen molar-refractivity contribution in [1.82, 2.24) is 0 Å². The van der Waals surface area contributed by atoms with Crippen LogP contribution in [0.3, 0.4) is 0 Å². The second kappa shape index (κ2) is 8.78. The highest BCUT2D eigenvalue weighted by Gasteiger charge is 2.19. The minimum absolute atomic E-state index is 0.133. The molecule has 4 heteroatoms. The Bertz CT molecular complexity index is 256. The summed E-state index contributed by atoms with van der Waals surface area (Å²) < 4.78 is 0. The molecule has 4 nitrogen and oxygen atoms in total.